The number of nitrogens with zero attached hydrogens (tertiary/aromatic N) is 4. The molecule has 0 atom stereocenters. The van der Waals surface area contributed by atoms with Crippen molar-refractivity contribution in [2.75, 3.05) is 14.1 Å². The molecule has 2 aliphatic heterocycles. The highest BCUT2D eigenvalue weighted by Gasteiger charge is 2.48. The van der Waals surface area contributed by atoms with Gasteiger partial charge in [-0.2, -0.15) is 13.2 Å². The maximum atomic E-state index is 12.9. The normalized spacial score (nSPS) is 17.7. The summed E-state index contributed by atoms with van der Waals surface area (Å²) >= 11 is 2.03. The molecule has 0 bridgehead atoms. The topological polar surface area (TPSA) is 66.4 Å². The standard InChI is InChI=1S/C16H11F3N4O2S2/c1-6-4-26-12(20-6)10-8-9(15(25)22(10)2)11(23(3)14(8)24)13-21-7(5-27-13)16(17,18)19/h4-5H,1-3H3. The molecule has 2 aromatic heterocycles. The van der Waals surface area contributed by atoms with Gasteiger partial charge in [0.2, 0.25) is 0 Å². The van der Waals surface area contributed by atoms with Crippen LogP contribution in [0.2, 0.25) is 0 Å². The van der Waals surface area contributed by atoms with Gasteiger partial charge in [0.05, 0.1) is 22.5 Å². The zero-order chi connectivity index (χ0) is 19.7. The van der Waals surface area contributed by atoms with Crippen LogP contribution in [-0.2, 0) is 15.8 Å². The molecule has 11 heteroatoms. The lowest BCUT2D eigenvalue weighted by atomic mass is 10.1. The van der Waals surface area contributed by atoms with E-state index in [1.54, 1.807) is 12.3 Å². The average molecular weight is 412 g/mol. The summed E-state index contributed by atoms with van der Waals surface area (Å²) in [5.74, 6) is -0.936. The fraction of sp³-hybridized carbons (Fsp3) is 0.250. The zero-order valence-corrected chi connectivity index (χ0v) is 15.8. The van der Waals surface area contributed by atoms with E-state index in [2.05, 4.69) is 9.97 Å². The molecule has 4 rings (SSSR count). The molecule has 140 valence electrons. The SMILES string of the molecule is Cc1csc(C2=C3C(=O)N(C)C(c4nc(C(F)(F)F)cs4)=C3C(=O)N2C)n1. The molecule has 4 heterocycles. The molecule has 0 radical (unpaired) electrons. The molecule has 0 saturated heterocycles. The van der Waals surface area contributed by atoms with Gasteiger partial charge in [-0.25, -0.2) is 9.97 Å². The number of thiazole rings is 2. The molecule has 6 nitrogen and oxygen atoms in total. The van der Waals surface area contributed by atoms with Gasteiger partial charge in [-0.1, -0.05) is 0 Å². The van der Waals surface area contributed by atoms with Crippen LogP contribution < -0.4 is 0 Å². The number of carbonyl (C=O) groups is 2. The van der Waals surface area contributed by atoms with Crippen LogP contribution in [0, 0.1) is 6.92 Å². The highest BCUT2D eigenvalue weighted by Crippen LogP contribution is 2.46. The fourth-order valence-corrected chi connectivity index (χ4v) is 4.80. The van der Waals surface area contributed by atoms with E-state index in [9.17, 15) is 22.8 Å². The third-order valence-electron chi connectivity index (χ3n) is 4.25. The minimum Gasteiger partial charge on any atom is -0.308 e. The van der Waals surface area contributed by atoms with Gasteiger partial charge in [-0.05, 0) is 6.92 Å². The third kappa shape index (κ3) is 2.52. The van der Waals surface area contributed by atoms with Crippen LogP contribution in [-0.4, -0.2) is 45.7 Å². The Hall–Kier alpha value is -2.53. The fourth-order valence-electron chi connectivity index (χ4n) is 3.00. The van der Waals surface area contributed by atoms with Crippen LogP contribution in [0.4, 0.5) is 13.2 Å². The van der Waals surface area contributed by atoms with Gasteiger partial charge in [0.25, 0.3) is 11.8 Å². The Morgan fingerprint density at radius 1 is 0.889 bits per heavy atom. The quantitative estimate of drug-likeness (QED) is 0.761. The Morgan fingerprint density at radius 3 is 1.78 bits per heavy atom. The van der Waals surface area contributed by atoms with Crippen molar-refractivity contribution in [1.82, 2.24) is 19.8 Å². The van der Waals surface area contributed by atoms with Crippen molar-refractivity contribution >= 4 is 45.9 Å². The summed E-state index contributed by atoms with van der Waals surface area (Å²) in [5.41, 5.74) is 0.371. The van der Waals surface area contributed by atoms with Crippen LogP contribution in [0.15, 0.2) is 21.9 Å². The lowest BCUT2D eigenvalue weighted by molar-refractivity contribution is -0.140. The summed E-state index contributed by atoms with van der Waals surface area (Å²) < 4.78 is 38.7. The molecule has 0 fully saturated rings. The summed E-state index contributed by atoms with van der Waals surface area (Å²) in [6.07, 6.45) is -4.60. The van der Waals surface area contributed by atoms with Crippen molar-refractivity contribution in [1.29, 1.82) is 0 Å². The summed E-state index contributed by atoms with van der Waals surface area (Å²) in [6.45, 7) is 1.79. The summed E-state index contributed by atoms with van der Waals surface area (Å²) in [4.78, 5) is 36.1. The molecule has 0 saturated carbocycles. The Kier molecular flexibility index (Phi) is 3.79. The maximum absolute atomic E-state index is 12.9. The molecule has 0 spiro atoms. The van der Waals surface area contributed by atoms with Crippen molar-refractivity contribution in [2.45, 2.75) is 13.1 Å². The second-order valence-electron chi connectivity index (χ2n) is 6.01. The van der Waals surface area contributed by atoms with Crippen LogP contribution in [0.3, 0.4) is 0 Å². The van der Waals surface area contributed by atoms with E-state index in [0.29, 0.717) is 10.7 Å². The van der Waals surface area contributed by atoms with Crippen LogP contribution in [0.25, 0.3) is 11.4 Å². The minimum absolute atomic E-state index is 0.0264. The number of hydrogen-bond acceptors (Lipinski definition) is 6. The van der Waals surface area contributed by atoms with Gasteiger partial charge in [0.15, 0.2) is 5.69 Å². The maximum Gasteiger partial charge on any atom is 0.434 e. The molecule has 0 aromatic carbocycles. The lowest BCUT2D eigenvalue weighted by Gasteiger charge is -2.17. The van der Waals surface area contributed by atoms with Crippen LogP contribution in [0.5, 0.6) is 0 Å². The van der Waals surface area contributed by atoms with Crippen molar-refractivity contribution in [3.63, 3.8) is 0 Å². The van der Waals surface area contributed by atoms with E-state index in [0.717, 1.165) is 22.4 Å². The van der Waals surface area contributed by atoms with Crippen molar-refractivity contribution in [3.8, 4) is 0 Å². The molecule has 2 aromatic rings. The Labute approximate surface area is 159 Å². The van der Waals surface area contributed by atoms with E-state index >= 15 is 0 Å². The Balaban J connectivity index is 1.94. The molecule has 0 N–H and O–H groups in total. The molecule has 0 unspecified atom stereocenters. The number of fused-ring (bicyclic) bond motifs is 1. The van der Waals surface area contributed by atoms with E-state index in [4.69, 9.17) is 0 Å². The Morgan fingerprint density at radius 2 is 1.37 bits per heavy atom. The number of hydrogen-bond donors (Lipinski definition) is 0. The first-order valence-corrected chi connectivity index (χ1v) is 9.37. The number of carbonyl (C=O) groups excluding carboxylic acids is 2. The summed E-state index contributed by atoms with van der Waals surface area (Å²) in [6, 6.07) is 0. The molecule has 2 aliphatic rings. The third-order valence-corrected chi connectivity index (χ3v) is 6.07. The van der Waals surface area contributed by atoms with Crippen LogP contribution in [0.1, 0.15) is 21.4 Å². The molecule has 0 aliphatic carbocycles. The second-order valence-corrected chi connectivity index (χ2v) is 7.72. The van der Waals surface area contributed by atoms with Crippen molar-refractivity contribution < 1.29 is 22.8 Å². The number of likely N-dealkylation sites (N-methyl/N-ethyl adjacent to an activating group) is 2. The van der Waals surface area contributed by atoms with Crippen molar-refractivity contribution in [2.24, 2.45) is 0 Å². The number of aromatic nitrogens is 2. The van der Waals surface area contributed by atoms with Crippen molar-refractivity contribution in [3.05, 3.63) is 43.3 Å². The largest absolute Gasteiger partial charge is 0.434 e. The smallest absolute Gasteiger partial charge is 0.308 e. The predicted molar refractivity (Wildman–Crippen MR) is 93.3 cm³/mol. The van der Waals surface area contributed by atoms with Gasteiger partial charge < -0.3 is 9.80 Å². The number of halogens is 3. The van der Waals surface area contributed by atoms with Gasteiger partial charge in [-0.15, -0.1) is 22.7 Å². The lowest BCUT2D eigenvalue weighted by Crippen LogP contribution is -2.25. The van der Waals surface area contributed by atoms with Gasteiger partial charge in [0.1, 0.15) is 10.0 Å². The molecule has 27 heavy (non-hydrogen) atoms. The highest BCUT2D eigenvalue weighted by atomic mass is 32.1. The Bertz CT molecular complexity index is 1060. The first kappa shape index (κ1) is 17.9. The highest BCUT2D eigenvalue weighted by molar-refractivity contribution is 7.11. The summed E-state index contributed by atoms with van der Waals surface area (Å²) in [7, 11) is 2.93. The monoisotopic (exact) mass is 412 g/mol. The van der Waals surface area contributed by atoms with E-state index in [-0.39, 0.29) is 21.9 Å². The molecule has 2 amide bonds. The average Bonchev–Trinajstić information content (AvgIpc) is 3.32. The van der Waals surface area contributed by atoms with E-state index in [1.165, 1.54) is 35.2 Å². The number of aryl methyl sites for hydroxylation is 1. The van der Waals surface area contributed by atoms with Crippen LogP contribution >= 0.6 is 22.7 Å². The van der Waals surface area contributed by atoms with Gasteiger partial charge in [0, 0.05) is 30.5 Å². The van der Waals surface area contributed by atoms with E-state index in [1.807, 2.05) is 0 Å². The molecular formula is C16H11F3N4O2S2. The van der Waals surface area contributed by atoms with E-state index < -0.39 is 23.7 Å². The first-order chi connectivity index (χ1) is 12.6. The second kappa shape index (κ2) is 5.73. The zero-order valence-electron chi connectivity index (χ0n) is 14.2. The number of alkyl halides is 3. The number of rotatable bonds is 2. The predicted octanol–water partition coefficient (Wildman–Crippen LogP) is 2.99. The first-order valence-electron chi connectivity index (χ1n) is 7.62. The number of amides is 2. The minimum atomic E-state index is -4.60. The summed E-state index contributed by atoms with van der Waals surface area (Å²) in [5, 5.41) is 3.15. The molecular weight excluding hydrogens is 401 g/mol. The van der Waals surface area contributed by atoms with Gasteiger partial charge >= 0.3 is 6.18 Å². The van der Waals surface area contributed by atoms with Gasteiger partial charge in [-0.3, -0.25) is 9.59 Å².